The molecule has 0 unspecified atom stereocenters. The SMILES string of the molecule is Cc1cc(-c2nc(C)c(C(=O)O)s2)cc(CC(C)C)c1O. The molecule has 21 heavy (non-hydrogen) atoms. The van der Waals surface area contributed by atoms with Crippen LogP contribution in [-0.4, -0.2) is 21.2 Å². The van der Waals surface area contributed by atoms with Crippen molar-refractivity contribution in [2.45, 2.75) is 34.1 Å². The van der Waals surface area contributed by atoms with E-state index in [9.17, 15) is 9.90 Å². The molecule has 0 radical (unpaired) electrons. The van der Waals surface area contributed by atoms with Crippen molar-refractivity contribution in [2.24, 2.45) is 5.92 Å². The van der Waals surface area contributed by atoms with Crippen molar-refractivity contribution in [1.29, 1.82) is 0 Å². The summed E-state index contributed by atoms with van der Waals surface area (Å²) in [5.41, 5.74) is 3.05. The minimum absolute atomic E-state index is 0.265. The standard InChI is InChI=1S/C16H19NO3S/c1-8(2)5-11-7-12(6-9(3)13(11)18)15-17-10(4)14(21-15)16(19)20/h6-8,18H,5H2,1-4H3,(H,19,20). The molecule has 0 aliphatic carbocycles. The fourth-order valence-electron chi connectivity index (χ4n) is 2.29. The van der Waals surface area contributed by atoms with Crippen LogP contribution in [0.1, 0.15) is 40.3 Å². The Balaban J connectivity index is 2.51. The average Bonchev–Trinajstić information content (AvgIpc) is 2.76. The molecule has 1 aromatic carbocycles. The van der Waals surface area contributed by atoms with Crippen LogP contribution in [0.3, 0.4) is 0 Å². The smallest absolute Gasteiger partial charge is 0.347 e. The summed E-state index contributed by atoms with van der Waals surface area (Å²) in [7, 11) is 0. The Morgan fingerprint density at radius 1 is 1.33 bits per heavy atom. The monoisotopic (exact) mass is 305 g/mol. The van der Waals surface area contributed by atoms with E-state index in [-0.39, 0.29) is 4.88 Å². The molecule has 2 rings (SSSR count). The highest BCUT2D eigenvalue weighted by molar-refractivity contribution is 7.17. The highest BCUT2D eigenvalue weighted by Gasteiger charge is 2.17. The Kier molecular flexibility index (Phi) is 4.32. The molecule has 0 aliphatic rings. The van der Waals surface area contributed by atoms with Crippen LogP contribution in [-0.2, 0) is 6.42 Å². The number of aromatic nitrogens is 1. The third-order valence-corrected chi connectivity index (χ3v) is 4.44. The Morgan fingerprint density at radius 3 is 2.52 bits per heavy atom. The van der Waals surface area contributed by atoms with Gasteiger partial charge in [0.05, 0.1) is 5.69 Å². The number of benzene rings is 1. The number of carboxylic acid groups (broad SMARTS) is 1. The number of carbonyl (C=O) groups is 1. The summed E-state index contributed by atoms with van der Waals surface area (Å²) in [5, 5.41) is 20.0. The molecule has 0 saturated carbocycles. The van der Waals surface area contributed by atoms with E-state index in [1.54, 1.807) is 6.92 Å². The van der Waals surface area contributed by atoms with Gasteiger partial charge in [-0.1, -0.05) is 13.8 Å². The lowest BCUT2D eigenvalue weighted by molar-refractivity contribution is 0.0701. The molecule has 112 valence electrons. The number of aromatic hydroxyl groups is 1. The second kappa shape index (κ2) is 5.85. The predicted octanol–water partition coefficient (Wildman–Crippen LogP) is 4.03. The van der Waals surface area contributed by atoms with E-state index in [0.717, 1.165) is 23.1 Å². The van der Waals surface area contributed by atoms with E-state index in [4.69, 9.17) is 5.11 Å². The van der Waals surface area contributed by atoms with Crippen molar-refractivity contribution in [3.05, 3.63) is 33.8 Å². The molecule has 0 amide bonds. The van der Waals surface area contributed by atoms with Gasteiger partial charge in [0.25, 0.3) is 0 Å². The molecule has 1 aromatic heterocycles. The fraction of sp³-hybridized carbons (Fsp3) is 0.375. The lowest BCUT2D eigenvalue weighted by Gasteiger charge is -2.11. The molecule has 0 spiro atoms. The number of phenolic OH excluding ortho intramolecular Hbond substituents is 1. The molecular weight excluding hydrogens is 286 g/mol. The molecule has 0 aliphatic heterocycles. The van der Waals surface area contributed by atoms with Crippen LogP contribution in [0, 0.1) is 19.8 Å². The van der Waals surface area contributed by atoms with E-state index in [2.05, 4.69) is 18.8 Å². The van der Waals surface area contributed by atoms with E-state index >= 15 is 0 Å². The van der Waals surface area contributed by atoms with Crippen LogP contribution in [0.5, 0.6) is 5.75 Å². The van der Waals surface area contributed by atoms with Gasteiger partial charge in [0.15, 0.2) is 0 Å². The number of nitrogens with zero attached hydrogens (tertiary/aromatic N) is 1. The molecule has 0 saturated heterocycles. The van der Waals surface area contributed by atoms with E-state index < -0.39 is 5.97 Å². The number of carboxylic acids is 1. The zero-order valence-electron chi connectivity index (χ0n) is 12.6. The first-order chi connectivity index (χ1) is 9.79. The Bertz CT molecular complexity index is 689. The number of phenols is 1. The minimum atomic E-state index is -0.950. The Morgan fingerprint density at radius 2 is 2.00 bits per heavy atom. The van der Waals surface area contributed by atoms with Crippen LogP contribution in [0.15, 0.2) is 12.1 Å². The van der Waals surface area contributed by atoms with Crippen molar-refractivity contribution in [3.8, 4) is 16.3 Å². The highest BCUT2D eigenvalue weighted by atomic mass is 32.1. The van der Waals surface area contributed by atoms with Crippen molar-refractivity contribution < 1.29 is 15.0 Å². The first-order valence-electron chi connectivity index (χ1n) is 6.83. The highest BCUT2D eigenvalue weighted by Crippen LogP contribution is 2.34. The lowest BCUT2D eigenvalue weighted by atomic mass is 9.97. The summed E-state index contributed by atoms with van der Waals surface area (Å²) in [6.45, 7) is 7.74. The number of aryl methyl sites for hydroxylation is 2. The van der Waals surface area contributed by atoms with Gasteiger partial charge in [-0.3, -0.25) is 0 Å². The summed E-state index contributed by atoms with van der Waals surface area (Å²) in [5.74, 6) is -0.202. The predicted molar refractivity (Wildman–Crippen MR) is 84.2 cm³/mol. The van der Waals surface area contributed by atoms with Gasteiger partial charge in [-0.05, 0) is 49.4 Å². The Labute approximate surface area is 128 Å². The van der Waals surface area contributed by atoms with Crippen molar-refractivity contribution >= 4 is 17.3 Å². The first kappa shape index (κ1) is 15.5. The third kappa shape index (κ3) is 3.24. The quantitative estimate of drug-likeness (QED) is 0.894. The zero-order chi connectivity index (χ0) is 15.7. The van der Waals surface area contributed by atoms with Gasteiger partial charge in [-0.25, -0.2) is 9.78 Å². The number of aromatic carboxylic acids is 1. The maximum Gasteiger partial charge on any atom is 0.347 e. The van der Waals surface area contributed by atoms with Crippen molar-refractivity contribution in [2.75, 3.05) is 0 Å². The third-order valence-electron chi connectivity index (χ3n) is 3.25. The average molecular weight is 305 g/mol. The number of hydrogen-bond donors (Lipinski definition) is 2. The lowest BCUT2D eigenvalue weighted by Crippen LogP contribution is -1.96. The van der Waals surface area contributed by atoms with Gasteiger partial charge >= 0.3 is 5.97 Å². The second-order valence-corrected chi connectivity index (χ2v) is 6.64. The molecule has 0 atom stereocenters. The molecular formula is C16H19NO3S. The van der Waals surface area contributed by atoms with Crippen LogP contribution >= 0.6 is 11.3 Å². The van der Waals surface area contributed by atoms with Crippen LogP contribution in [0.2, 0.25) is 0 Å². The van der Waals surface area contributed by atoms with E-state index in [1.807, 2.05) is 19.1 Å². The van der Waals surface area contributed by atoms with Gasteiger partial charge < -0.3 is 10.2 Å². The summed E-state index contributed by atoms with van der Waals surface area (Å²) >= 11 is 1.17. The molecule has 1 heterocycles. The van der Waals surface area contributed by atoms with Crippen LogP contribution in [0.4, 0.5) is 0 Å². The topological polar surface area (TPSA) is 70.4 Å². The van der Waals surface area contributed by atoms with Crippen LogP contribution < -0.4 is 0 Å². The normalized spacial score (nSPS) is 11.1. The number of hydrogen-bond acceptors (Lipinski definition) is 4. The van der Waals surface area contributed by atoms with Gasteiger partial charge in [0.2, 0.25) is 0 Å². The minimum Gasteiger partial charge on any atom is -0.507 e. The van der Waals surface area contributed by atoms with Crippen molar-refractivity contribution in [3.63, 3.8) is 0 Å². The molecule has 5 heteroatoms. The van der Waals surface area contributed by atoms with Gasteiger partial charge in [-0.15, -0.1) is 11.3 Å². The maximum atomic E-state index is 11.1. The largest absolute Gasteiger partial charge is 0.507 e. The van der Waals surface area contributed by atoms with E-state index in [0.29, 0.717) is 22.4 Å². The Hall–Kier alpha value is -1.88. The molecule has 4 nitrogen and oxygen atoms in total. The van der Waals surface area contributed by atoms with E-state index in [1.165, 1.54) is 11.3 Å². The summed E-state index contributed by atoms with van der Waals surface area (Å²) in [6, 6.07) is 3.76. The molecule has 2 N–H and O–H groups in total. The zero-order valence-corrected chi connectivity index (χ0v) is 13.4. The number of thiazole rings is 1. The van der Waals surface area contributed by atoms with Gasteiger partial charge in [-0.2, -0.15) is 0 Å². The maximum absolute atomic E-state index is 11.1. The molecule has 0 fully saturated rings. The van der Waals surface area contributed by atoms with Gasteiger partial charge in [0, 0.05) is 5.56 Å². The molecule has 2 aromatic rings. The molecule has 0 bridgehead atoms. The summed E-state index contributed by atoms with van der Waals surface area (Å²) in [6.07, 6.45) is 0.774. The number of rotatable bonds is 4. The first-order valence-corrected chi connectivity index (χ1v) is 7.64. The second-order valence-electron chi connectivity index (χ2n) is 5.64. The fourth-order valence-corrected chi connectivity index (χ4v) is 3.18. The van der Waals surface area contributed by atoms with Crippen molar-refractivity contribution in [1.82, 2.24) is 4.98 Å². The van der Waals surface area contributed by atoms with Crippen LogP contribution in [0.25, 0.3) is 10.6 Å². The summed E-state index contributed by atoms with van der Waals surface area (Å²) < 4.78 is 0. The van der Waals surface area contributed by atoms with Gasteiger partial charge in [0.1, 0.15) is 15.6 Å². The summed E-state index contributed by atoms with van der Waals surface area (Å²) in [4.78, 5) is 15.7.